The summed E-state index contributed by atoms with van der Waals surface area (Å²) >= 11 is 0. The summed E-state index contributed by atoms with van der Waals surface area (Å²) in [6, 6.07) is 0.457. The second-order valence-corrected chi connectivity index (χ2v) is 5.93. The summed E-state index contributed by atoms with van der Waals surface area (Å²) in [5, 5.41) is 3.48. The lowest BCUT2D eigenvalue weighted by atomic mass is 9.89. The van der Waals surface area contributed by atoms with E-state index in [2.05, 4.69) is 22.2 Å². The van der Waals surface area contributed by atoms with Crippen LogP contribution in [0.4, 0.5) is 4.79 Å². The number of ether oxygens (including phenoxy) is 1. The van der Waals surface area contributed by atoms with Crippen molar-refractivity contribution < 1.29 is 9.53 Å². The van der Waals surface area contributed by atoms with Gasteiger partial charge in [-0.15, -0.1) is 0 Å². The first-order valence-electron chi connectivity index (χ1n) is 7.58. The Bertz CT molecular complexity index is 534. The second-order valence-electron chi connectivity index (χ2n) is 5.93. The third-order valence-corrected chi connectivity index (χ3v) is 4.44. The fraction of sp³-hybridized carbons (Fsp3) is 0.667. The Balaban J connectivity index is 1.83. The van der Waals surface area contributed by atoms with Crippen LogP contribution in [0.15, 0.2) is 6.33 Å². The first-order valence-corrected chi connectivity index (χ1v) is 7.58. The van der Waals surface area contributed by atoms with Crippen molar-refractivity contribution in [3.8, 4) is 0 Å². The highest BCUT2D eigenvalue weighted by atomic mass is 16.5. The van der Waals surface area contributed by atoms with E-state index in [-0.39, 0.29) is 12.0 Å². The van der Waals surface area contributed by atoms with Crippen molar-refractivity contribution in [1.29, 1.82) is 0 Å². The normalized spacial score (nSPS) is 25.3. The number of fused-ring (bicyclic) bond motifs is 1. The van der Waals surface area contributed by atoms with Crippen LogP contribution in [0.5, 0.6) is 0 Å². The SMILES string of the molecule is COC(=O)N1CCCC(c2ncnc3c2CNC(C)C3)C1. The van der Waals surface area contributed by atoms with Crippen molar-refractivity contribution >= 4 is 6.09 Å². The van der Waals surface area contributed by atoms with Gasteiger partial charge in [0.15, 0.2) is 0 Å². The van der Waals surface area contributed by atoms with Gasteiger partial charge in [-0.05, 0) is 19.8 Å². The number of piperidine rings is 1. The maximum absolute atomic E-state index is 11.7. The molecule has 0 radical (unpaired) electrons. The van der Waals surface area contributed by atoms with Gasteiger partial charge in [0.1, 0.15) is 6.33 Å². The molecule has 6 heteroatoms. The van der Waals surface area contributed by atoms with Gasteiger partial charge >= 0.3 is 6.09 Å². The molecule has 1 aromatic rings. The molecule has 2 aliphatic heterocycles. The topological polar surface area (TPSA) is 67.3 Å². The van der Waals surface area contributed by atoms with Crippen molar-refractivity contribution in [2.45, 2.75) is 44.7 Å². The summed E-state index contributed by atoms with van der Waals surface area (Å²) < 4.78 is 4.84. The predicted molar refractivity (Wildman–Crippen MR) is 78.0 cm³/mol. The minimum absolute atomic E-state index is 0.241. The number of likely N-dealkylation sites (tertiary alicyclic amines) is 1. The van der Waals surface area contributed by atoms with Crippen LogP contribution in [-0.2, 0) is 17.7 Å². The molecule has 2 atom stereocenters. The van der Waals surface area contributed by atoms with Crippen molar-refractivity contribution in [2.75, 3.05) is 20.2 Å². The number of hydrogen-bond donors (Lipinski definition) is 1. The molecule has 2 unspecified atom stereocenters. The molecule has 3 heterocycles. The molecular weight excluding hydrogens is 268 g/mol. The van der Waals surface area contributed by atoms with Crippen molar-refractivity contribution in [3.05, 3.63) is 23.3 Å². The van der Waals surface area contributed by atoms with Gasteiger partial charge in [-0.3, -0.25) is 0 Å². The van der Waals surface area contributed by atoms with E-state index in [9.17, 15) is 4.79 Å². The van der Waals surface area contributed by atoms with E-state index in [0.717, 1.165) is 43.7 Å². The molecule has 1 N–H and O–H groups in total. The maximum atomic E-state index is 11.7. The molecule has 1 saturated heterocycles. The number of rotatable bonds is 1. The van der Waals surface area contributed by atoms with Gasteiger partial charge in [0, 0.05) is 43.6 Å². The largest absolute Gasteiger partial charge is 0.453 e. The Kier molecular flexibility index (Phi) is 4.05. The molecule has 6 nitrogen and oxygen atoms in total. The van der Waals surface area contributed by atoms with Gasteiger partial charge in [-0.2, -0.15) is 0 Å². The number of carbonyl (C=O) groups is 1. The molecule has 3 rings (SSSR count). The minimum Gasteiger partial charge on any atom is -0.453 e. The van der Waals surface area contributed by atoms with Crippen LogP contribution < -0.4 is 5.32 Å². The molecule has 21 heavy (non-hydrogen) atoms. The highest BCUT2D eigenvalue weighted by Crippen LogP contribution is 2.30. The molecule has 0 bridgehead atoms. The average molecular weight is 290 g/mol. The molecule has 1 amide bonds. The lowest BCUT2D eigenvalue weighted by molar-refractivity contribution is 0.110. The van der Waals surface area contributed by atoms with E-state index in [0.29, 0.717) is 12.6 Å². The Morgan fingerprint density at radius 2 is 2.33 bits per heavy atom. The number of methoxy groups -OCH3 is 1. The Labute approximate surface area is 124 Å². The van der Waals surface area contributed by atoms with Crippen LogP contribution in [0.3, 0.4) is 0 Å². The van der Waals surface area contributed by atoms with Crippen molar-refractivity contribution in [1.82, 2.24) is 20.2 Å². The Morgan fingerprint density at radius 3 is 3.14 bits per heavy atom. The van der Waals surface area contributed by atoms with Crippen LogP contribution in [0.25, 0.3) is 0 Å². The standard InChI is InChI=1S/C15H22N4O2/c1-10-6-13-12(7-16-10)14(18-9-17-13)11-4-3-5-19(8-11)15(20)21-2/h9-11,16H,3-8H2,1-2H3. The van der Waals surface area contributed by atoms with Crippen LogP contribution in [0.2, 0.25) is 0 Å². The third kappa shape index (κ3) is 2.85. The number of aromatic nitrogens is 2. The fourth-order valence-electron chi connectivity index (χ4n) is 3.32. The zero-order valence-corrected chi connectivity index (χ0v) is 12.6. The van der Waals surface area contributed by atoms with E-state index < -0.39 is 0 Å². The van der Waals surface area contributed by atoms with Crippen LogP contribution in [0, 0.1) is 0 Å². The molecule has 0 saturated carbocycles. The summed E-state index contributed by atoms with van der Waals surface area (Å²) in [5.41, 5.74) is 3.49. The highest BCUT2D eigenvalue weighted by Gasteiger charge is 2.29. The molecule has 114 valence electrons. The minimum atomic E-state index is -0.241. The van der Waals surface area contributed by atoms with Gasteiger partial charge in [0.25, 0.3) is 0 Å². The van der Waals surface area contributed by atoms with E-state index in [1.165, 1.54) is 12.7 Å². The molecule has 0 aliphatic carbocycles. The Morgan fingerprint density at radius 1 is 1.48 bits per heavy atom. The lowest BCUT2D eigenvalue weighted by Crippen LogP contribution is -2.40. The van der Waals surface area contributed by atoms with E-state index in [1.807, 2.05) is 0 Å². The smallest absolute Gasteiger partial charge is 0.409 e. The second kappa shape index (κ2) is 5.97. The van der Waals surface area contributed by atoms with E-state index in [1.54, 1.807) is 11.2 Å². The number of nitrogens with zero attached hydrogens (tertiary/aromatic N) is 3. The fourth-order valence-corrected chi connectivity index (χ4v) is 3.32. The van der Waals surface area contributed by atoms with Gasteiger partial charge in [0.2, 0.25) is 0 Å². The summed E-state index contributed by atoms with van der Waals surface area (Å²) in [7, 11) is 1.43. The first kappa shape index (κ1) is 14.3. The van der Waals surface area contributed by atoms with E-state index in [4.69, 9.17) is 4.74 Å². The van der Waals surface area contributed by atoms with Crippen LogP contribution in [0.1, 0.15) is 42.6 Å². The quantitative estimate of drug-likeness (QED) is 0.848. The molecule has 2 aliphatic rings. The predicted octanol–water partition coefficient (Wildman–Crippen LogP) is 1.46. The summed E-state index contributed by atoms with van der Waals surface area (Å²) in [4.78, 5) is 22.5. The van der Waals surface area contributed by atoms with Crippen LogP contribution in [-0.4, -0.2) is 47.2 Å². The first-order chi connectivity index (χ1) is 10.2. The maximum Gasteiger partial charge on any atom is 0.409 e. The highest BCUT2D eigenvalue weighted by molar-refractivity contribution is 5.67. The zero-order valence-electron chi connectivity index (χ0n) is 12.6. The number of amides is 1. The van der Waals surface area contributed by atoms with E-state index >= 15 is 0 Å². The molecule has 0 spiro atoms. The van der Waals surface area contributed by atoms with Crippen molar-refractivity contribution in [2.24, 2.45) is 0 Å². The number of nitrogens with one attached hydrogen (secondary N) is 1. The molecular formula is C15H22N4O2. The molecule has 0 aromatic carbocycles. The van der Waals surface area contributed by atoms with Crippen molar-refractivity contribution in [3.63, 3.8) is 0 Å². The molecule has 1 fully saturated rings. The lowest BCUT2D eigenvalue weighted by Gasteiger charge is -2.33. The summed E-state index contributed by atoms with van der Waals surface area (Å²) in [6.07, 6.45) is 4.42. The monoisotopic (exact) mass is 290 g/mol. The Hall–Kier alpha value is -1.69. The third-order valence-electron chi connectivity index (χ3n) is 4.44. The average Bonchev–Trinajstić information content (AvgIpc) is 2.53. The van der Waals surface area contributed by atoms with Gasteiger partial charge in [0.05, 0.1) is 18.5 Å². The summed E-state index contributed by atoms with van der Waals surface area (Å²) in [5.74, 6) is 0.282. The van der Waals surface area contributed by atoms with Gasteiger partial charge < -0.3 is 15.0 Å². The van der Waals surface area contributed by atoms with Gasteiger partial charge in [-0.25, -0.2) is 14.8 Å². The zero-order chi connectivity index (χ0) is 14.8. The summed E-state index contributed by atoms with van der Waals surface area (Å²) in [6.45, 7) is 4.45. The van der Waals surface area contributed by atoms with Gasteiger partial charge in [-0.1, -0.05) is 0 Å². The van der Waals surface area contributed by atoms with Crippen LogP contribution >= 0.6 is 0 Å². The number of carbonyl (C=O) groups excluding carboxylic acids is 1. The number of hydrogen-bond acceptors (Lipinski definition) is 5. The molecule has 1 aromatic heterocycles.